The summed E-state index contributed by atoms with van der Waals surface area (Å²) in [4.78, 5) is 29.0. The van der Waals surface area contributed by atoms with Crippen molar-refractivity contribution in [3.63, 3.8) is 0 Å². The summed E-state index contributed by atoms with van der Waals surface area (Å²) in [6.45, 7) is 4.55. The van der Waals surface area contributed by atoms with Gasteiger partial charge in [0.15, 0.2) is 11.5 Å². The average Bonchev–Trinajstić information content (AvgIpc) is 3.24. The van der Waals surface area contributed by atoms with Gasteiger partial charge in [0.25, 0.3) is 0 Å². The van der Waals surface area contributed by atoms with E-state index < -0.39 is 0 Å². The van der Waals surface area contributed by atoms with Gasteiger partial charge >= 0.3 is 0 Å². The van der Waals surface area contributed by atoms with Crippen LogP contribution >= 0.6 is 0 Å². The van der Waals surface area contributed by atoms with Gasteiger partial charge in [-0.15, -0.1) is 0 Å². The first-order valence-electron chi connectivity index (χ1n) is 10.7. The maximum Gasteiger partial charge on any atom is 0.231 e. The Labute approximate surface area is 171 Å². The Kier molecular flexibility index (Phi) is 6.54. The van der Waals surface area contributed by atoms with E-state index in [1.54, 1.807) is 0 Å². The Hall–Kier alpha value is -2.28. The molecule has 4 rings (SSSR count). The number of carbonyl (C=O) groups is 2. The molecule has 3 heterocycles. The highest BCUT2D eigenvalue weighted by Crippen LogP contribution is 2.33. The highest BCUT2D eigenvalue weighted by atomic mass is 16.7. The third-order valence-corrected chi connectivity index (χ3v) is 6.07. The number of hydrogen-bond donors (Lipinski definition) is 0. The van der Waals surface area contributed by atoms with Gasteiger partial charge in [0.2, 0.25) is 18.6 Å². The Morgan fingerprint density at radius 2 is 1.76 bits per heavy atom. The normalized spacial score (nSPS) is 21.3. The Morgan fingerprint density at radius 3 is 2.62 bits per heavy atom. The zero-order valence-corrected chi connectivity index (χ0v) is 16.9. The van der Waals surface area contributed by atoms with Crippen molar-refractivity contribution in [1.29, 1.82) is 0 Å². The Balaban J connectivity index is 1.21. The monoisotopic (exact) mass is 402 g/mol. The first-order chi connectivity index (χ1) is 14.2. The SMILES string of the molecule is O=C(CC[C@H]1CCCN(C(=O)CCc2ccc3c(c2)OCO3)C1)N1CCOCC1. The van der Waals surface area contributed by atoms with Gasteiger partial charge in [-0.05, 0) is 49.3 Å². The standard InChI is InChI=1S/C22H30N2O5/c25-21(23-10-12-27-13-11-23)8-5-18-2-1-9-24(15-18)22(26)7-4-17-3-6-19-20(14-17)29-16-28-19/h3,6,14,18H,1-2,4-5,7-13,15-16H2/t18-/m1/s1. The summed E-state index contributed by atoms with van der Waals surface area (Å²) in [6, 6.07) is 5.87. The van der Waals surface area contributed by atoms with Crippen molar-refractivity contribution in [1.82, 2.24) is 9.80 Å². The number of hydrogen-bond acceptors (Lipinski definition) is 5. The molecule has 2 saturated heterocycles. The molecule has 1 aromatic carbocycles. The van der Waals surface area contributed by atoms with Crippen molar-refractivity contribution in [3.05, 3.63) is 23.8 Å². The van der Waals surface area contributed by atoms with Gasteiger partial charge in [0.05, 0.1) is 13.2 Å². The van der Waals surface area contributed by atoms with Crippen molar-refractivity contribution >= 4 is 11.8 Å². The molecule has 0 aromatic heterocycles. The molecule has 0 unspecified atom stereocenters. The first-order valence-corrected chi connectivity index (χ1v) is 10.7. The summed E-state index contributed by atoms with van der Waals surface area (Å²) in [5, 5.41) is 0. The quantitative estimate of drug-likeness (QED) is 0.730. The summed E-state index contributed by atoms with van der Waals surface area (Å²) in [5.41, 5.74) is 1.09. The minimum absolute atomic E-state index is 0.201. The molecule has 0 spiro atoms. The molecule has 7 nitrogen and oxygen atoms in total. The zero-order chi connectivity index (χ0) is 20.1. The molecular weight excluding hydrogens is 372 g/mol. The summed E-state index contributed by atoms with van der Waals surface area (Å²) >= 11 is 0. The molecule has 0 radical (unpaired) electrons. The number of piperidine rings is 1. The number of nitrogens with zero attached hydrogens (tertiary/aromatic N) is 2. The molecule has 7 heteroatoms. The maximum atomic E-state index is 12.7. The van der Waals surface area contributed by atoms with Crippen molar-refractivity contribution in [2.75, 3.05) is 46.2 Å². The summed E-state index contributed by atoms with van der Waals surface area (Å²) < 4.78 is 16.1. The number of ether oxygens (including phenoxy) is 3. The lowest BCUT2D eigenvalue weighted by Gasteiger charge is -2.33. The molecule has 3 aliphatic rings. The predicted octanol–water partition coefficient (Wildman–Crippen LogP) is 2.23. The van der Waals surface area contributed by atoms with Gasteiger partial charge in [-0.3, -0.25) is 9.59 Å². The van der Waals surface area contributed by atoms with E-state index in [9.17, 15) is 9.59 Å². The molecule has 0 saturated carbocycles. The number of morpholine rings is 1. The van der Waals surface area contributed by atoms with E-state index in [-0.39, 0.29) is 18.6 Å². The average molecular weight is 402 g/mol. The topological polar surface area (TPSA) is 68.3 Å². The van der Waals surface area contributed by atoms with Gasteiger partial charge in [0, 0.05) is 39.0 Å². The highest BCUT2D eigenvalue weighted by Gasteiger charge is 2.25. The molecule has 3 aliphatic heterocycles. The second-order valence-corrected chi connectivity index (χ2v) is 8.07. The van der Waals surface area contributed by atoms with Crippen LogP contribution in [0.5, 0.6) is 11.5 Å². The van der Waals surface area contributed by atoms with Crippen LogP contribution in [0, 0.1) is 5.92 Å². The van der Waals surface area contributed by atoms with Gasteiger partial charge in [-0.25, -0.2) is 0 Å². The van der Waals surface area contributed by atoms with Crippen LogP contribution in [-0.2, 0) is 20.7 Å². The lowest BCUT2D eigenvalue weighted by molar-refractivity contribution is -0.135. The number of benzene rings is 1. The zero-order valence-electron chi connectivity index (χ0n) is 16.9. The van der Waals surface area contributed by atoms with Crippen molar-refractivity contribution in [2.45, 2.75) is 38.5 Å². The number of aryl methyl sites for hydroxylation is 1. The van der Waals surface area contributed by atoms with Crippen molar-refractivity contribution in [3.8, 4) is 11.5 Å². The summed E-state index contributed by atoms with van der Waals surface area (Å²) in [6.07, 6.45) is 4.76. The Morgan fingerprint density at radius 1 is 0.966 bits per heavy atom. The van der Waals surface area contributed by atoms with Crippen LogP contribution in [0.25, 0.3) is 0 Å². The molecule has 1 aromatic rings. The first kappa shape index (κ1) is 20.0. The van der Waals surface area contributed by atoms with Gasteiger partial charge in [-0.2, -0.15) is 0 Å². The van der Waals surface area contributed by atoms with E-state index in [4.69, 9.17) is 14.2 Å². The van der Waals surface area contributed by atoms with Crippen LogP contribution in [0.1, 0.15) is 37.7 Å². The van der Waals surface area contributed by atoms with Crippen LogP contribution in [0.4, 0.5) is 0 Å². The summed E-state index contributed by atoms with van der Waals surface area (Å²) in [5.74, 6) is 2.37. The molecular formula is C22H30N2O5. The van der Waals surface area contributed by atoms with Crippen LogP contribution in [0.2, 0.25) is 0 Å². The van der Waals surface area contributed by atoms with E-state index in [0.717, 1.165) is 49.4 Å². The lowest BCUT2D eigenvalue weighted by Crippen LogP contribution is -2.42. The fourth-order valence-electron chi connectivity index (χ4n) is 4.33. The van der Waals surface area contributed by atoms with Gasteiger partial charge in [0.1, 0.15) is 0 Å². The molecule has 0 aliphatic carbocycles. The van der Waals surface area contributed by atoms with Crippen LogP contribution in [-0.4, -0.2) is 67.8 Å². The van der Waals surface area contributed by atoms with Crippen LogP contribution < -0.4 is 9.47 Å². The van der Waals surface area contributed by atoms with E-state index >= 15 is 0 Å². The molecule has 0 N–H and O–H groups in total. The van der Waals surface area contributed by atoms with E-state index in [2.05, 4.69) is 0 Å². The third-order valence-electron chi connectivity index (χ3n) is 6.07. The number of amides is 2. The number of fused-ring (bicyclic) bond motifs is 1. The largest absolute Gasteiger partial charge is 0.454 e. The fraction of sp³-hybridized carbons (Fsp3) is 0.636. The van der Waals surface area contributed by atoms with Crippen molar-refractivity contribution in [2.24, 2.45) is 5.92 Å². The number of rotatable bonds is 6. The van der Waals surface area contributed by atoms with Gasteiger partial charge in [-0.1, -0.05) is 6.07 Å². The minimum atomic E-state index is 0.201. The smallest absolute Gasteiger partial charge is 0.231 e. The van der Waals surface area contributed by atoms with E-state index in [1.165, 1.54) is 0 Å². The lowest BCUT2D eigenvalue weighted by atomic mass is 9.92. The van der Waals surface area contributed by atoms with Crippen LogP contribution in [0.3, 0.4) is 0 Å². The number of carbonyl (C=O) groups excluding carboxylic acids is 2. The molecule has 158 valence electrons. The van der Waals surface area contributed by atoms with Crippen LogP contribution in [0.15, 0.2) is 18.2 Å². The summed E-state index contributed by atoms with van der Waals surface area (Å²) in [7, 11) is 0. The molecule has 0 bridgehead atoms. The molecule has 29 heavy (non-hydrogen) atoms. The number of likely N-dealkylation sites (tertiary alicyclic amines) is 1. The minimum Gasteiger partial charge on any atom is -0.454 e. The molecule has 2 amide bonds. The fourth-order valence-corrected chi connectivity index (χ4v) is 4.33. The third kappa shape index (κ3) is 5.21. The Bertz CT molecular complexity index is 732. The molecule has 1 atom stereocenters. The van der Waals surface area contributed by atoms with Gasteiger partial charge < -0.3 is 24.0 Å². The second-order valence-electron chi connectivity index (χ2n) is 8.07. The highest BCUT2D eigenvalue weighted by molar-refractivity contribution is 5.77. The second kappa shape index (κ2) is 9.48. The molecule has 2 fully saturated rings. The maximum absolute atomic E-state index is 12.7. The van der Waals surface area contributed by atoms with E-state index in [0.29, 0.717) is 51.5 Å². The van der Waals surface area contributed by atoms with Crippen molar-refractivity contribution < 1.29 is 23.8 Å². The predicted molar refractivity (Wildman–Crippen MR) is 107 cm³/mol. The van der Waals surface area contributed by atoms with E-state index in [1.807, 2.05) is 28.0 Å².